The summed E-state index contributed by atoms with van der Waals surface area (Å²) in [5.74, 6) is -0.125. The van der Waals surface area contributed by atoms with Crippen LogP contribution >= 0.6 is 0 Å². The molecule has 2 aromatic rings. The van der Waals surface area contributed by atoms with E-state index in [0.717, 1.165) is 11.3 Å². The Morgan fingerprint density at radius 2 is 2.17 bits per heavy atom. The van der Waals surface area contributed by atoms with Gasteiger partial charge >= 0.3 is 0 Å². The molecule has 2 heterocycles. The molecule has 0 radical (unpaired) electrons. The van der Waals surface area contributed by atoms with Crippen LogP contribution in [0.4, 0.5) is 0 Å². The fourth-order valence-corrected chi connectivity index (χ4v) is 2.35. The number of amides is 1. The quantitative estimate of drug-likeness (QED) is 0.847. The van der Waals surface area contributed by atoms with Crippen molar-refractivity contribution in [1.29, 1.82) is 5.26 Å². The minimum absolute atomic E-state index is 0.125. The molecular formula is C18H23N5O. The van der Waals surface area contributed by atoms with Crippen LogP contribution in [0.25, 0.3) is 0 Å². The van der Waals surface area contributed by atoms with E-state index in [1.165, 1.54) is 0 Å². The molecule has 0 saturated carbocycles. The predicted octanol–water partition coefficient (Wildman–Crippen LogP) is 2.67. The van der Waals surface area contributed by atoms with Crippen LogP contribution in [-0.4, -0.2) is 32.1 Å². The standard InChI is InChI=1S/C18H23N5O/c1-18(2,3)16-11-15(22(4)21-16)17(24)23(10-6-8-19)13-14-7-5-9-20-12-14/h5,7,9,11-12H,6,10,13H2,1-4H3. The summed E-state index contributed by atoms with van der Waals surface area (Å²) in [7, 11) is 1.77. The average Bonchev–Trinajstić information content (AvgIpc) is 2.94. The summed E-state index contributed by atoms with van der Waals surface area (Å²) in [5, 5.41) is 13.3. The number of pyridine rings is 1. The molecule has 0 bridgehead atoms. The maximum absolute atomic E-state index is 13.0. The first kappa shape index (κ1) is 17.7. The van der Waals surface area contributed by atoms with Gasteiger partial charge in [0, 0.05) is 37.9 Å². The molecule has 6 nitrogen and oxygen atoms in total. The minimum Gasteiger partial charge on any atom is -0.332 e. The lowest BCUT2D eigenvalue weighted by molar-refractivity contribution is 0.0735. The van der Waals surface area contributed by atoms with Gasteiger partial charge < -0.3 is 4.90 Å². The third kappa shape index (κ3) is 4.19. The highest BCUT2D eigenvalue weighted by atomic mass is 16.2. The van der Waals surface area contributed by atoms with Gasteiger partial charge in [0.2, 0.25) is 0 Å². The van der Waals surface area contributed by atoms with E-state index in [2.05, 4.69) is 36.9 Å². The Bertz CT molecular complexity index is 737. The molecule has 0 fully saturated rings. The number of rotatable bonds is 5. The number of carbonyl (C=O) groups is 1. The molecule has 2 rings (SSSR count). The first-order valence-corrected chi connectivity index (χ1v) is 7.92. The second-order valence-corrected chi connectivity index (χ2v) is 6.78. The van der Waals surface area contributed by atoms with Crippen molar-refractivity contribution in [1.82, 2.24) is 19.7 Å². The van der Waals surface area contributed by atoms with Crippen LogP contribution in [0, 0.1) is 11.3 Å². The van der Waals surface area contributed by atoms with Crippen molar-refractivity contribution in [2.24, 2.45) is 7.05 Å². The van der Waals surface area contributed by atoms with E-state index in [9.17, 15) is 4.79 Å². The molecule has 0 unspecified atom stereocenters. The lowest BCUT2D eigenvalue weighted by Crippen LogP contribution is -2.32. The normalized spacial score (nSPS) is 11.1. The van der Waals surface area contributed by atoms with Crippen molar-refractivity contribution in [3.05, 3.63) is 47.5 Å². The molecule has 0 aromatic carbocycles. The number of aromatic nitrogens is 3. The lowest BCUT2D eigenvalue weighted by atomic mass is 9.92. The van der Waals surface area contributed by atoms with Gasteiger partial charge in [0.25, 0.3) is 5.91 Å². The third-order valence-corrected chi connectivity index (χ3v) is 3.74. The maximum atomic E-state index is 13.0. The van der Waals surface area contributed by atoms with Crippen LogP contribution in [0.2, 0.25) is 0 Å². The van der Waals surface area contributed by atoms with Gasteiger partial charge in [0.05, 0.1) is 18.2 Å². The van der Waals surface area contributed by atoms with Crippen molar-refractivity contribution in [2.75, 3.05) is 6.54 Å². The van der Waals surface area contributed by atoms with Crippen molar-refractivity contribution in [3.8, 4) is 6.07 Å². The van der Waals surface area contributed by atoms with E-state index in [4.69, 9.17) is 5.26 Å². The average molecular weight is 325 g/mol. The molecule has 0 aliphatic rings. The van der Waals surface area contributed by atoms with E-state index in [-0.39, 0.29) is 17.7 Å². The third-order valence-electron chi connectivity index (χ3n) is 3.74. The highest BCUT2D eigenvalue weighted by molar-refractivity contribution is 5.92. The summed E-state index contributed by atoms with van der Waals surface area (Å²) in [6.07, 6.45) is 3.72. The van der Waals surface area contributed by atoms with Crippen LogP contribution in [0.3, 0.4) is 0 Å². The van der Waals surface area contributed by atoms with Gasteiger partial charge in [-0.15, -0.1) is 0 Å². The highest BCUT2D eigenvalue weighted by Gasteiger charge is 2.24. The lowest BCUT2D eigenvalue weighted by Gasteiger charge is -2.21. The molecule has 1 amide bonds. The molecule has 6 heteroatoms. The number of hydrogen-bond acceptors (Lipinski definition) is 4. The fourth-order valence-electron chi connectivity index (χ4n) is 2.35. The zero-order valence-electron chi connectivity index (χ0n) is 14.7. The Kier molecular flexibility index (Phi) is 5.35. The molecule has 126 valence electrons. The van der Waals surface area contributed by atoms with Crippen molar-refractivity contribution in [3.63, 3.8) is 0 Å². The second kappa shape index (κ2) is 7.26. The molecule has 24 heavy (non-hydrogen) atoms. The maximum Gasteiger partial charge on any atom is 0.272 e. The smallest absolute Gasteiger partial charge is 0.272 e. The fraction of sp³-hybridized carbons (Fsp3) is 0.444. The summed E-state index contributed by atoms with van der Waals surface area (Å²) >= 11 is 0. The number of nitrogens with zero attached hydrogens (tertiary/aromatic N) is 5. The van der Waals surface area contributed by atoms with E-state index < -0.39 is 0 Å². The van der Waals surface area contributed by atoms with Gasteiger partial charge in [-0.05, 0) is 17.7 Å². The topological polar surface area (TPSA) is 74.8 Å². The van der Waals surface area contributed by atoms with Gasteiger partial charge in [-0.3, -0.25) is 14.5 Å². The summed E-state index contributed by atoms with van der Waals surface area (Å²) < 4.78 is 1.62. The van der Waals surface area contributed by atoms with E-state index in [0.29, 0.717) is 18.8 Å². The Hall–Kier alpha value is -2.68. The second-order valence-electron chi connectivity index (χ2n) is 6.78. The molecule has 2 aromatic heterocycles. The summed E-state index contributed by atoms with van der Waals surface area (Å²) in [6.45, 7) is 6.98. The van der Waals surface area contributed by atoms with Crippen LogP contribution in [0.15, 0.2) is 30.6 Å². The zero-order chi connectivity index (χ0) is 17.7. The highest BCUT2D eigenvalue weighted by Crippen LogP contribution is 2.22. The molecule has 0 saturated heterocycles. The molecule has 0 atom stereocenters. The number of nitriles is 1. The Morgan fingerprint density at radius 3 is 2.71 bits per heavy atom. The van der Waals surface area contributed by atoms with Gasteiger partial charge in [0.1, 0.15) is 5.69 Å². The van der Waals surface area contributed by atoms with Crippen molar-refractivity contribution >= 4 is 5.91 Å². The van der Waals surface area contributed by atoms with Gasteiger partial charge in [-0.1, -0.05) is 26.8 Å². The Labute approximate surface area is 142 Å². The molecular weight excluding hydrogens is 302 g/mol. The van der Waals surface area contributed by atoms with Gasteiger partial charge in [-0.25, -0.2) is 0 Å². The van der Waals surface area contributed by atoms with Crippen LogP contribution in [-0.2, 0) is 19.0 Å². The summed E-state index contributed by atoms with van der Waals surface area (Å²) in [4.78, 5) is 18.7. The van der Waals surface area contributed by atoms with E-state index in [1.54, 1.807) is 29.0 Å². The van der Waals surface area contributed by atoms with Gasteiger partial charge in [-0.2, -0.15) is 10.4 Å². The monoisotopic (exact) mass is 325 g/mol. The van der Waals surface area contributed by atoms with Gasteiger partial charge in [0.15, 0.2) is 0 Å². The predicted molar refractivity (Wildman–Crippen MR) is 91.1 cm³/mol. The number of hydrogen-bond donors (Lipinski definition) is 0. The summed E-state index contributed by atoms with van der Waals surface area (Å²) in [6, 6.07) is 7.70. The van der Waals surface area contributed by atoms with Crippen LogP contribution in [0.5, 0.6) is 0 Å². The van der Waals surface area contributed by atoms with Crippen LogP contribution < -0.4 is 0 Å². The van der Waals surface area contributed by atoms with E-state index in [1.807, 2.05) is 18.2 Å². The SMILES string of the molecule is Cn1nc(C(C)(C)C)cc1C(=O)N(CCC#N)Cc1cccnc1. The first-order chi connectivity index (χ1) is 11.3. The number of aryl methyl sites for hydroxylation is 1. The van der Waals surface area contributed by atoms with Crippen molar-refractivity contribution in [2.45, 2.75) is 39.2 Å². The summed E-state index contributed by atoms with van der Waals surface area (Å²) in [5.41, 5.74) is 2.20. The largest absolute Gasteiger partial charge is 0.332 e. The molecule has 0 N–H and O–H groups in total. The molecule has 0 aliphatic heterocycles. The first-order valence-electron chi connectivity index (χ1n) is 7.92. The van der Waals surface area contributed by atoms with Crippen molar-refractivity contribution < 1.29 is 4.79 Å². The molecule has 0 spiro atoms. The zero-order valence-corrected chi connectivity index (χ0v) is 14.7. The minimum atomic E-state index is -0.128. The number of carbonyl (C=O) groups excluding carboxylic acids is 1. The van der Waals surface area contributed by atoms with Crippen LogP contribution in [0.1, 0.15) is 48.9 Å². The molecule has 0 aliphatic carbocycles. The van der Waals surface area contributed by atoms with E-state index >= 15 is 0 Å². The Balaban J connectivity index is 2.27. The Morgan fingerprint density at radius 1 is 1.42 bits per heavy atom.